The van der Waals surface area contributed by atoms with E-state index in [1.165, 1.54) is 0 Å². The number of pyridine rings is 1. The molecular formula is C17H21N3O2. The molecule has 5 nitrogen and oxygen atoms in total. The highest BCUT2D eigenvalue weighted by atomic mass is 16.3. The molecule has 2 amide bonds. The molecule has 1 heterocycles. The van der Waals surface area contributed by atoms with Gasteiger partial charge >= 0.3 is 6.03 Å². The molecule has 2 aromatic rings. The molecule has 2 rings (SSSR count). The van der Waals surface area contributed by atoms with Gasteiger partial charge in [0.2, 0.25) is 0 Å². The van der Waals surface area contributed by atoms with E-state index in [0.29, 0.717) is 13.0 Å². The summed E-state index contributed by atoms with van der Waals surface area (Å²) in [6, 6.07) is 13.0. The summed E-state index contributed by atoms with van der Waals surface area (Å²) >= 11 is 0. The smallest absolute Gasteiger partial charge is 0.315 e. The molecule has 0 saturated carbocycles. The third-order valence-electron chi connectivity index (χ3n) is 3.46. The van der Waals surface area contributed by atoms with Gasteiger partial charge in [-0.05, 0) is 30.5 Å². The molecular weight excluding hydrogens is 278 g/mol. The zero-order chi connectivity index (χ0) is 15.8. The third-order valence-corrected chi connectivity index (χ3v) is 3.46. The van der Waals surface area contributed by atoms with E-state index in [1.807, 2.05) is 49.4 Å². The fraction of sp³-hybridized carbons (Fsp3) is 0.294. The first kappa shape index (κ1) is 16.0. The average molecular weight is 299 g/mol. The summed E-state index contributed by atoms with van der Waals surface area (Å²) in [6.07, 6.45) is 2.18. The minimum absolute atomic E-state index is 0.0131. The van der Waals surface area contributed by atoms with Crippen molar-refractivity contribution in [3.63, 3.8) is 0 Å². The van der Waals surface area contributed by atoms with E-state index in [2.05, 4.69) is 15.6 Å². The molecule has 0 aliphatic rings. The highest BCUT2D eigenvalue weighted by Gasteiger charge is 2.13. The van der Waals surface area contributed by atoms with Crippen molar-refractivity contribution in [2.45, 2.75) is 25.9 Å². The molecule has 1 aromatic carbocycles. The highest BCUT2D eigenvalue weighted by molar-refractivity contribution is 5.74. The number of amides is 2. The summed E-state index contributed by atoms with van der Waals surface area (Å²) in [7, 11) is 0. The molecule has 0 radical (unpaired) electrons. The fourth-order valence-electron chi connectivity index (χ4n) is 2.21. The van der Waals surface area contributed by atoms with Crippen molar-refractivity contribution in [3.8, 4) is 0 Å². The first-order chi connectivity index (χ1) is 10.7. The maximum atomic E-state index is 12.1. The van der Waals surface area contributed by atoms with E-state index in [9.17, 15) is 9.90 Å². The molecule has 0 bridgehead atoms. The van der Waals surface area contributed by atoms with Gasteiger partial charge in [0.15, 0.2) is 0 Å². The molecule has 0 saturated heterocycles. The van der Waals surface area contributed by atoms with Crippen molar-refractivity contribution < 1.29 is 9.90 Å². The van der Waals surface area contributed by atoms with Gasteiger partial charge in [0.1, 0.15) is 0 Å². The van der Waals surface area contributed by atoms with E-state index < -0.39 is 0 Å². The molecule has 1 aromatic heterocycles. The van der Waals surface area contributed by atoms with Crippen LogP contribution in [0.1, 0.15) is 29.3 Å². The second kappa shape index (κ2) is 8.14. The van der Waals surface area contributed by atoms with Gasteiger partial charge in [-0.15, -0.1) is 0 Å². The van der Waals surface area contributed by atoms with Gasteiger partial charge in [0.05, 0.1) is 18.3 Å². The number of aliphatic hydroxyl groups excluding tert-OH is 1. The van der Waals surface area contributed by atoms with Crippen LogP contribution in [0.4, 0.5) is 4.79 Å². The Balaban J connectivity index is 1.93. The summed E-state index contributed by atoms with van der Waals surface area (Å²) in [5.41, 5.74) is 2.86. The van der Waals surface area contributed by atoms with Crippen LogP contribution in [-0.2, 0) is 6.54 Å². The Morgan fingerprint density at radius 1 is 1.23 bits per heavy atom. The molecule has 0 fully saturated rings. The molecule has 0 aliphatic carbocycles. The number of hydrogen-bond donors (Lipinski definition) is 3. The normalized spacial score (nSPS) is 11.7. The summed E-state index contributed by atoms with van der Waals surface area (Å²) in [4.78, 5) is 16.3. The van der Waals surface area contributed by atoms with Gasteiger partial charge < -0.3 is 15.7 Å². The number of aromatic nitrogens is 1. The second-order valence-electron chi connectivity index (χ2n) is 5.07. The van der Waals surface area contributed by atoms with Gasteiger partial charge in [-0.3, -0.25) is 4.98 Å². The van der Waals surface area contributed by atoms with Gasteiger partial charge in [0.25, 0.3) is 0 Å². The molecule has 0 spiro atoms. The fourth-order valence-corrected chi connectivity index (χ4v) is 2.21. The van der Waals surface area contributed by atoms with Crippen LogP contribution < -0.4 is 10.6 Å². The van der Waals surface area contributed by atoms with E-state index in [0.717, 1.165) is 16.8 Å². The topological polar surface area (TPSA) is 74.2 Å². The number of benzene rings is 1. The van der Waals surface area contributed by atoms with Gasteiger partial charge in [-0.1, -0.05) is 36.4 Å². The third kappa shape index (κ3) is 4.56. The molecule has 1 atom stereocenters. The molecule has 5 heteroatoms. The number of urea groups is 1. The molecule has 3 N–H and O–H groups in total. The van der Waals surface area contributed by atoms with E-state index in [4.69, 9.17) is 0 Å². The Hall–Kier alpha value is -2.40. The number of nitrogens with zero attached hydrogens (tertiary/aromatic N) is 1. The van der Waals surface area contributed by atoms with Crippen molar-refractivity contribution in [3.05, 3.63) is 65.5 Å². The monoisotopic (exact) mass is 299 g/mol. The summed E-state index contributed by atoms with van der Waals surface area (Å²) in [5.74, 6) is 0. The largest absolute Gasteiger partial charge is 0.396 e. The van der Waals surface area contributed by atoms with Crippen LogP contribution in [0.5, 0.6) is 0 Å². The van der Waals surface area contributed by atoms with Crippen LogP contribution in [0.15, 0.2) is 48.7 Å². The summed E-state index contributed by atoms with van der Waals surface area (Å²) < 4.78 is 0. The number of hydrogen-bond acceptors (Lipinski definition) is 3. The molecule has 116 valence electrons. The molecule has 0 aliphatic heterocycles. The molecule has 22 heavy (non-hydrogen) atoms. The minimum atomic E-state index is -0.271. The standard InChI is InChI=1S/C17H21N3O2/c1-13-6-5-10-18-16(13)12-19-17(22)20-15(9-11-21)14-7-3-2-4-8-14/h2-8,10,15,21H,9,11-12H2,1H3,(H2,19,20,22)/t15-/m1/s1. The number of aryl methyl sites for hydroxylation is 1. The van der Waals surface area contributed by atoms with Gasteiger partial charge in [-0.25, -0.2) is 4.79 Å². The first-order valence-electron chi connectivity index (χ1n) is 7.31. The quantitative estimate of drug-likeness (QED) is 0.766. The lowest BCUT2D eigenvalue weighted by atomic mass is 10.0. The van der Waals surface area contributed by atoms with Crippen LogP contribution in [0.2, 0.25) is 0 Å². The highest BCUT2D eigenvalue weighted by Crippen LogP contribution is 2.15. The van der Waals surface area contributed by atoms with Crippen molar-refractivity contribution in [1.29, 1.82) is 0 Å². The Morgan fingerprint density at radius 2 is 2.00 bits per heavy atom. The lowest BCUT2D eigenvalue weighted by molar-refractivity contribution is 0.228. The average Bonchev–Trinajstić information content (AvgIpc) is 2.54. The van der Waals surface area contributed by atoms with E-state index >= 15 is 0 Å². The van der Waals surface area contributed by atoms with E-state index in [1.54, 1.807) is 6.20 Å². The van der Waals surface area contributed by atoms with Gasteiger partial charge in [-0.2, -0.15) is 0 Å². The van der Waals surface area contributed by atoms with Crippen LogP contribution >= 0.6 is 0 Å². The molecule has 0 unspecified atom stereocenters. The Morgan fingerprint density at radius 3 is 2.68 bits per heavy atom. The predicted molar refractivity (Wildman–Crippen MR) is 85.2 cm³/mol. The van der Waals surface area contributed by atoms with Crippen molar-refractivity contribution in [2.24, 2.45) is 0 Å². The summed E-state index contributed by atoms with van der Waals surface area (Å²) in [6.45, 7) is 2.35. The van der Waals surface area contributed by atoms with Crippen LogP contribution in [-0.4, -0.2) is 22.7 Å². The first-order valence-corrected chi connectivity index (χ1v) is 7.31. The SMILES string of the molecule is Cc1cccnc1CNC(=O)N[C@H](CCO)c1ccccc1. The number of nitrogens with one attached hydrogen (secondary N) is 2. The Bertz CT molecular complexity index is 602. The zero-order valence-electron chi connectivity index (χ0n) is 12.6. The van der Waals surface area contributed by atoms with Crippen molar-refractivity contribution >= 4 is 6.03 Å². The van der Waals surface area contributed by atoms with Crippen LogP contribution in [0, 0.1) is 6.92 Å². The maximum Gasteiger partial charge on any atom is 0.315 e. The van der Waals surface area contributed by atoms with Crippen LogP contribution in [0.25, 0.3) is 0 Å². The minimum Gasteiger partial charge on any atom is -0.396 e. The predicted octanol–water partition coefficient (Wildman–Crippen LogP) is 2.31. The maximum absolute atomic E-state index is 12.1. The Kier molecular flexibility index (Phi) is 5.91. The zero-order valence-corrected chi connectivity index (χ0v) is 12.6. The number of aliphatic hydroxyl groups is 1. The number of rotatable bonds is 6. The summed E-state index contributed by atoms with van der Waals surface area (Å²) in [5, 5.41) is 14.9. The van der Waals surface area contributed by atoms with Crippen molar-refractivity contribution in [1.82, 2.24) is 15.6 Å². The number of carbonyl (C=O) groups is 1. The second-order valence-corrected chi connectivity index (χ2v) is 5.07. The van der Waals surface area contributed by atoms with Gasteiger partial charge in [0, 0.05) is 12.8 Å². The van der Waals surface area contributed by atoms with E-state index in [-0.39, 0.29) is 18.7 Å². The number of carbonyl (C=O) groups excluding carboxylic acids is 1. The van der Waals surface area contributed by atoms with Crippen molar-refractivity contribution in [2.75, 3.05) is 6.61 Å². The Labute approximate surface area is 130 Å². The lowest BCUT2D eigenvalue weighted by Crippen LogP contribution is -2.38. The van der Waals surface area contributed by atoms with Crippen LogP contribution in [0.3, 0.4) is 0 Å². The lowest BCUT2D eigenvalue weighted by Gasteiger charge is -2.18.